The lowest BCUT2D eigenvalue weighted by Crippen LogP contribution is -2.46. The Morgan fingerprint density at radius 1 is 1.10 bits per heavy atom. The number of nitrogens with zero attached hydrogens (tertiary/aromatic N) is 1. The standard InChI is InChI=1S/C24H32N2O3S/c1-2-23(21-14-7-4-8-15-21)25-24(27)22-16-9-17-26(19-22)30(28,29)18-10-13-20-11-5-3-6-12-20/h3-8,11-12,14-15,22-23H,2,9-10,13,16-19H2,1H3,(H,25,27)/t22-,23+/m0/s1. The van der Waals surface area contributed by atoms with Crippen LogP contribution in [0.3, 0.4) is 0 Å². The summed E-state index contributed by atoms with van der Waals surface area (Å²) in [6, 6.07) is 19.8. The Bertz CT molecular complexity index is 901. The Morgan fingerprint density at radius 2 is 1.77 bits per heavy atom. The van der Waals surface area contributed by atoms with Gasteiger partial charge in [0.25, 0.3) is 0 Å². The highest BCUT2D eigenvalue weighted by atomic mass is 32.2. The highest BCUT2D eigenvalue weighted by molar-refractivity contribution is 7.89. The fraction of sp³-hybridized carbons (Fsp3) is 0.458. The SMILES string of the molecule is CC[C@@H](NC(=O)[C@H]1CCCN(S(=O)(=O)CCCc2ccccc2)C1)c1ccccc1. The molecule has 1 saturated heterocycles. The lowest BCUT2D eigenvalue weighted by atomic mass is 9.97. The molecule has 0 aromatic heterocycles. The molecule has 0 radical (unpaired) electrons. The molecule has 1 fully saturated rings. The van der Waals surface area contributed by atoms with Gasteiger partial charge in [0, 0.05) is 13.1 Å². The van der Waals surface area contributed by atoms with Crippen LogP contribution in [0.25, 0.3) is 0 Å². The summed E-state index contributed by atoms with van der Waals surface area (Å²) in [4.78, 5) is 12.9. The molecule has 0 spiro atoms. The summed E-state index contributed by atoms with van der Waals surface area (Å²) in [5.41, 5.74) is 2.23. The monoisotopic (exact) mass is 428 g/mol. The summed E-state index contributed by atoms with van der Waals surface area (Å²) in [6.45, 7) is 2.83. The maximum absolute atomic E-state index is 12.9. The molecular weight excluding hydrogens is 396 g/mol. The third-order valence-electron chi connectivity index (χ3n) is 5.79. The van der Waals surface area contributed by atoms with Crippen LogP contribution in [0.4, 0.5) is 0 Å². The number of rotatable bonds is 9. The van der Waals surface area contributed by atoms with Gasteiger partial charge in [0.05, 0.1) is 17.7 Å². The Kier molecular flexibility index (Phi) is 8.05. The fourth-order valence-corrected chi connectivity index (χ4v) is 5.62. The molecule has 0 aliphatic carbocycles. The van der Waals surface area contributed by atoms with Gasteiger partial charge in [0.1, 0.15) is 0 Å². The second kappa shape index (κ2) is 10.7. The van der Waals surface area contributed by atoms with Gasteiger partial charge in [-0.2, -0.15) is 0 Å². The molecule has 30 heavy (non-hydrogen) atoms. The number of amides is 1. The first kappa shape index (κ1) is 22.5. The number of carbonyl (C=O) groups is 1. The first-order valence-electron chi connectivity index (χ1n) is 10.9. The highest BCUT2D eigenvalue weighted by Crippen LogP contribution is 2.23. The first-order valence-corrected chi connectivity index (χ1v) is 12.5. The predicted molar refractivity (Wildman–Crippen MR) is 120 cm³/mol. The van der Waals surface area contributed by atoms with Crippen molar-refractivity contribution >= 4 is 15.9 Å². The van der Waals surface area contributed by atoms with Crippen molar-refractivity contribution in [2.45, 2.75) is 45.1 Å². The average molecular weight is 429 g/mol. The van der Waals surface area contributed by atoms with Gasteiger partial charge in [-0.1, -0.05) is 67.6 Å². The van der Waals surface area contributed by atoms with Crippen LogP contribution in [-0.2, 0) is 21.2 Å². The van der Waals surface area contributed by atoms with Crippen molar-refractivity contribution in [2.75, 3.05) is 18.8 Å². The summed E-state index contributed by atoms with van der Waals surface area (Å²) >= 11 is 0. The van der Waals surface area contributed by atoms with Crippen LogP contribution in [0, 0.1) is 5.92 Å². The van der Waals surface area contributed by atoms with Crippen molar-refractivity contribution in [1.82, 2.24) is 9.62 Å². The predicted octanol–water partition coefficient (Wildman–Crippen LogP) is 3.93. The number of hydrogen-bond acceptors (Lipinski definition) is 3. The fourth-order valence-electron chi connectivity index (χ4n) is 4.04. The molecule has 1 heterocycles. The quantitative estimate of drug-likeness (QED) is 0.658. The lowest BCUT2D eigenvalue weighted by Gasteiger charge is -2.32. The topological polar surface area (TPSA) is 66.5 Å². The minimum Gasteiger partial charge on any atom is -0.349 e. The molecule has 6 heteroatoms. The second-order valence-corrected chi connectivity index (χ2v) is 10.1. The number of aryl methyl sites for hydroxylation is 1. The number of benzene rings is 2. The van der Waals surface area contributed by atoms with E-state index >= 15 is 0 Å². The summed E-state index contributed by atoms with van der Waals surface area (Å²) in [5.74, 6) is -0.215. The number of sulfonamides is 1. The number of piperidine rings is 1. The molecule has 1 aliphatic heterocycles. The van der Waals surface area contributed by atoms with Crippen LogP contribution in [0.2, 0.25) is 0 Å². The first-order chi connectivity index (χ1) is 14.5. The number of hydrogen-bond donors (Lipinski definition) is 1. The van der Waals surface area contributed by atoms with Gasteiger partial charge in [-0.25, -0.2) is 12.7 Å². The van der Waals surface area contributed by atoms with Crippen molar-refractivity contribution in [2.24, 2.45) is 5.92 Å². The van der Waals surface area contributed by atoms with E-state index in [0.29, 0.717) is 13.0 Å². The normalized spacial score (nSPS) is 18.6. The average Bonchev–Trinajstić information content (AvgIpc) is 2.78. The van der Waals surface area contributed by atoms with E-state index in [1.807, 2.05) is 67.6 Å². The minimum atomic E-state index is -3.35. The molecular formula is C24H32N2O3S. The van der Waals surface area contributed by atoms with Gasteiger partial charge in [-0.05, 0) is 43.2 Å². The van der Waals surface area contributed by atoms with Crippen LogP contribution in [0.5, 0.6) is 0 Å². The molecule has 0 bridgehead atoms. The molecule has 3 rings (SSSR count). The van der Waals surface area contributed by atoms with Gasteiger partial charge in [0.15, 0.2) is 0 Å². The van der Waals surface area contributed by atoms with Crippen LogP contribution in [-0.4, -0.2) is 37.5 Å². The molecule has 0 unspecified atom stereocenters. The van der Waals surface area contributed by atoms with Gasteiger partial charge in [-0.15, -0.1) is 0 Å². The van der Waals surface area contributed by atoms with Crippen molar-refractivity contribution in [3.63, 3.8) is 0 Å². The zero-order valence-electron chi connectivity index (χ0n) is 17.7. The Labute approximate surface area is 180 Å². The molecule has 2 aromatic rings. The molecule has 5 nitrogen and oxygen atoms in total. The van der Waals surface area contributed by atoms with Crippen LogP contribution in [0.1, 0.15) is 49.8 Å². The number of nitrogens with one attached hydrogen (secondary N) is 1. The largest absolute Gasteiger partial charge is 0.349 e. The van der Waals surface area contributed by atoms with Gasteiger partial charge < -0.3 is 5.32 Å². The maximum Gasteiger partial charge on any atom is 0.224 e. The van der Waals surface area contributed by atoms with Gasteiger partial charge in [0.2, 0.25) is 15.9 Å². The van der Waals surface area contributed by atoms with Crippen LogP contribution < -0.4 is 5.32 Å². The zero-order chi connectivity index (χ0) is 21.4. The van der Waals surface area contributed by atoms with E-state index in [9.17, 15) is 13.2 Å². The molecule has 0 saturated carbocycles. The molecule has 1 amide bonds. The summed E-state index contributed by atoms with van der Waals surface area (Å²) < 4.78 is 27.2. The third kappa shape index (κ3) is 6.16. The zero-order valence-corrected chi connectivity index (χ0v) is 18.5. The smallest absolute Gasteiger partial charge is 0.224 e. The lowest BCUT2D eigenvalue weighted by molar-refractivity contribution is -0.126. The Hall–Kier alpha value is -2.18. The van der Waals surface area contributed by atoms with Crippen molar-refractivity contribution in [3.05, 3.63) is 71.8 Å². The summed E-state index contributed by atoms with van der Waals surface area (Å²) in [7, 11) is -3.35. The van der Waals surface area contributed by atoms with Crippen molar-refractivity contribution in [3.8, 4) is 0 Å². The third-order valence-corrected chi connectivity index (χ3v) is 7.71. The van der Waals surface area contributed by atoms with Crippen LogP contribution in [0.15, 0.2) is 60.7 Å². The van der Waals surface area contributed by atoms with E-state index in [2.05, 4.69) is 5.32 Å². The van der Waals surface area contributed by atoms with E-state index in [1.165, 1.54) is 4.31 Å². The maximum atomic E-state index is 12.9. The van der Waals surface area contributed by atoms with Crippen molar-refractivity contribution in [1.29, 1.82) is 0 Å². The van der Waals surface area contributed by atoms with E-state index in [4.69, 9.17) is 0 Å². The Morgan fingerprint density at radius 3 is 2.43 bits per heavy atom. The van der Waals surface area contributed by atoms with Crippen LogP contribution >= 0.6 is 0 Å². The molecule has 1 N–H and O–H groups in total. The second-order valence-electron chi connectivity index (χ2n) is 7.98. The summed E-state index contributed by atoms with van der Waals surface area (Å²) in [6.07, 6.45) is 3.58. The molecule has 162 valence electrons. The van der Waals surface area contributed by atoms with E-state index in [-0.39, 0.29) is 30.2 Å². The molecule has 1 aliphatic rings. The number of carbonyl (C=O) groups excluding carboxylic acids is 1. The molecule has 2 atom stereocenters. The van der Waals surface area contributed by atoms with E-state index in [0.717, 1.165) is 36.8 Å². The highest BCUT2D eigenvalue weighted by Gasteiger charge is 2.32. The Balaban J connectivity index is 1.55. The molecule has 2 aromatic carbocycles. The minimum absolute atomic E-state index is 0.0449. The van der Waals surface area contributed by atoms with Gasteiger partial charge >= 0.3 is 0 Å². The van der Waals surface area contributed by atoms with E-state index in [1.54, 1.807) is 0 Å². The van der Waals surface area contributed by atoms with Crippen molar-refractivity contribution < 1.29 is 13.2 Å². The van der Waals surface area contributed by atoms with E-state index < -0.39 is 10.0 Å². The van der Waals surface area contributed by atoms with Gasteiger partial charge in [-0.3, -0.25) is 4.79 Å². The summed E-state index contributed by atoms with van der Waals surface area (Å²) in [5, 5.41) is 3.13.